The van der Waals surface area contributed by atoms with Crippen LogP contribution in [-0.2, 0) is 16.3 Å². The van der Waals surface area contributed by atoms with E-state index < -0.39 is 9.84 Å². The van der Waals surface area contributed by atoms with Crippen molar-refractivity contribution in [2.24, 2.45) is 0 Å². The molecule has 130 valence electrons. The second kappa shape index (κ2) is 7.17. The maximum atomic E-state index is 11.5. The zero-order valence-electron chi connectivity index (χ0n) is 14.7. The quantitative estimate of drug-likeness (QED) is 0.865. The van der Waals surface area contributed by atoms with Crippen molar-refractivity contribution >= 4 is 21.6 Å². The third kappa shape index (κ3) is 4.44. The number of nitrogens with one attached hydrogen (secondary N) is 1. The zero-order valence-corrected chi connectivity index (χ0v) is 15.6. The Bertz CT molecular complexity index is 802. The molecule has 2 rings (SSSR count). The molecule has 2 aromatic rings. The number of aromatic nitrogens is 2. The molecule has 24 heavy (non-hydrogen) atoms. The van der Waals surface area contributed by atoms with Crippen molar-refractivity contribution in [2.45, 2.75) is 31.2 Å². The van der Waals surface area contributed by atoms with Gasteiger partial charge in [0.15, 0.2) is 9.84 Å². The molecule has 1 aromatic heterocycles. The summed E-state index contributed by atoms with van der Waals surface area (Å²) in [7, 11) is 0.642. The van der Waals surface area contributed by atoms with Crippen molar-refractivity contribution in [3.8, 4) is 0 Å². The van der Waals surface area contributed by atoms with Crippen LogP contribution in [0, 0.1) is 0 Å². The van der Waals surface area contributed by atoms with E-state index in [2.05, 4.69) is 22.2 Å². The fraction of sp³-hybridized carbons (Fsp3) is 0.412. The van der Waals surface area contributed by atoms with E-state index in [9.17, 15) is 8.42 Å². The smallest absolute Gasteiger partial charge is 0.226 e. The van der Waals surface area contributed by atoms with E-state index in [1.54, 1.807) is 12.1 Å². The average Bonchev–Trinajstić information content (AvgIpc) is 2.53. The molecule has 0 amide bonds. The summed E-state index contributed by atoms with van der Waals surface area (Å²) in [5.41, 5.74) is 1.96. The summed E-state index contributed by atoms with van der Waals surface area (Å²) >= 11 is 0. The second-order valence-corrected chi connectivity index (χ2v) is 8.02. The molecule has 0 spiro atoms. The van der Waals surface area contributed by atoms with E-state index in [4.69, 9.17) is 0 Å². The number of hydrogen-bond donors (Lipinski definition) is 1. The van der Waals surface area contributed by atoms with Gasteiger partial charge >= 0.3 is 0 Å². The van der Waals surface area contributed by atoms with Crippen molar-refractivity contribution in [1.29, 1.82) is 0 Å². The summed E-state index contributed by atoms with van der Waals surface area (Å²) in [6, 6.07) is 8.84. The third-order valence-corrected chi connectivity index (χ3v) is 4.83. The van der Waals surface area contributed by atoms with Gasteiger partial charge in [0.05, 0.1) is 4.90 Å². The van der Waals surface area contributed by atoms with Gasteiger partial charge in [-0.15, -0.1) is 0 Å². The number of nitrogens with zero attached hydrogens (tertiary/aromatic N) is 3. The Morgan fingerprint density at radius 2 is 1.79 bits per heavy atom. The molecule has 0 fully saturated rings. The lowest BCUT2D eigenvalue weighted by Gasteiger charge is -2.18. The van der Waals surface area contributed by atoms with Crippen LogP contribution in [0.3, 0.4) is 0 Å². The maximum absolute atomic E-state index is 11.5. The molecule has 0 bridgehead atoms. The minimum absolute atomic E-state index is 0.00627. The Kier molecular flexibility index (Phi) is 5.43. The highest BCUT2D eigenvalue weighted by atomic mass is 32.2. The Hall–Kier alpha value is -2.15. The highest BCUT2D eigenvalue weighted by molar-refractivity contribution is 7.90. The largest absolute Gasteiger partial charge is 0.363 e. The lowest BCUT2D eigenvalue weighted by atomic mass is 10.1. The molecule has 1 heterocycles. The second-order valence-electron chi connectivity index (χ2n) is 6.00. The first-order chi connectivity index (χ1) is 11.2. The summed E-state index contributed by atoms with van der Waals surface area (Å²) in [6.07, 6.45) is 2.04. The standard InChI is InChI=1S/C17H24N4O2S/c1-6-14-11-16(20-17(19-14)21(3)4)18-12(2)13-7-9-15(10-8-13)24(5,22)23/h7-12H,6H2,1-5H3,(H,18,19,20)/t12-/m0/s1. The molecule has 0 aliphatic carbocycles. The van der Waals surface area contributed by atoms with Crippen molar-refractivity contribution in [3.05, 3.63) is 41.6 Å². The van der Waals surface area contributed by atoms with Gasteiger partial charge < -0.3 is 10.2 Å². The Morgan fingerprint density at radius 3 is 2.29 bits per heavy atom. The van der Waals surface area contributed by atoms with E-state index in [1.807, 2.05) is 44.1 Å². The molecule has 0 saturated heterocycles. The molecule has 7 heteroatoms. The van der Waals surface area contributed by atoms with E-state index in [0.717, 1.165) is 23.5 Å². The molecule has 0 saturated carbocycles. The third-order valence-electron chi connectivity index (χ3n) is 3.70. The fourth-order valence-electron chi connectivity index (χ4n) is 2.25. The van der Waals surface area contributed by atoms with Crippen molar-refractivity contribution in [2.75, 3.05) is 30.6 Å². The molecule has 1 N–H and O–H groups in total. The molecular formula is C17H24N4O2S. The number of anilines is 2. The first kappa shape index (κ1) is 18.2. The molecule has 0 unspecified atom stereocenters. The summed E-state index contributed by atoms with van der Waals surface area (Å²) < 4.78 is 23.1. The summed E-state index contributed by atoms with van der Waals surface area (Å²) in [5.74, 6) is 1.42. The van der Waals surface area contributed by atoms with Gasteiger partial charge in [-0.05, 0) is 31.0 Å². The molecule has 1 aromatic carbocycles. The molecule has 1 atom stereocenters. The number of aryl methyl sites for hydroxylation is 1. The molecule has 0 aliphatic heterocycles. The van der Waals surface area contributed by atoms with Gasteiger partial charge in [-0.3, -0.25) is 0 Å². The molecule has 6 nitrogen and oxygen atoms in total. The van der Waals surface area contributed by atoms with Gasteiger partial charge in [0.1, 0.15) is 5.82 Å². The van der Waals surface area contributed by atoms with Crippen molar-refractivity contribution < 1.29 is 8.42 Å². The molecule has 0 radical (unpaired) electrons. The number of benzene rings is 1. The van der Waals surface area contributed by atoms with Gasteiger partial charge in [0.2, 0.25) is 5.95 Å². The fourth-order valence-corrected chi connectivity index (χ4v) is 2.88. The summed E-state index contributed by atoms with van der Waals surface area (Å²) in [6.45, 7) is 4.07. The van der Waals surface area contributed by atoms with E-state index in [-0.39, 0.29) is 6.04 Å². The number of hydrogen-bond acceptors (Lipinski definition) is 6. The Labute approximate surface area is 143 Å². The van der Waals surface area contributed by atoms with Crippen LogP contribution in [0.25, 0.3) is 0 Å². The first-order valence-corrected chi connectivity index (χ1v) is 9.71. The van der Waals surface area contributed by atoms with Gasteiger partial charge in [0.25, 0.3) is 0 Å². The van der Waals surface area contributed by atoms with Crippen LogP contribution in [0.4, 0.5) is 11.8 Å². The van der Waals surface area contributed by atoms with Crippen LogP contribution < -0.4 is 10.2 Å². The normalized spacial score (nSPS) is 12.7. The van der Waals surface area contributed by atoms with Crippen LogP contribution in [-0.4, -0.2) is 38.7 Å². The molecular weight excluding hydrogens is 324 g/mol. The monoisotopic (exact) mass is 348 g/mol. The van der Waals surface area contributed by atoms with Gasteiger partial charge in [-0.1, -0.05) is 19.1 Å². The van der Waals surface area contributed by atoms with Crippen LogP contribution in [0.1, 0.15) is 31.1 Å². The van der Waals surface area contributed by atoms with Crippen LogP contribution in [0.15, 0.2) is 35.2 Å². The highest BCUT2D eigenvalue weighted by Crippen LogP contribution is 2.21. The van der Waals surface area contributed by atoms with Gasteiger partial charge in [-0.2, -0.15) is 4.98 Å². The molecule has 0 aliphatic rings. The van der Waals surface area contributed by atoms with E-state index in [1.165, 1.54) is 6.26 Å². The lowest BCUT2D eigenvalue weighted by molar-refractivity contribution is 0.602. The topological polar surface area (TPSA) is 75.2 Å². The zero-order chi connectivity index (χ0) is 17.9. The SMILES string of the molecule is CCc1cc(N[C@@H](C)c2ccc(S(C)(=O)=O)cc2)nc(N(C)C)n1. The van der Waals surface area contributed by atoms with Crippen LogP contribution in [0.5, 0.6) is 0 Å². The summed E-state index contributed by atoms with van der Waals surface area (Å²) in [5, 5.41) is 3.36. The van der Waals surface area contributed by atoms with Crippen LogP contribution in [0.2, 0.25) is 0 Å². The predicted molar refractivity (Wildman–Crippen MR) is 97.3 cm³/mol. The minimum atomic E-state index is -3.17. The Balaban J connectivity index is 2.23. The maximum Gasteiger partial charge on any atom is 0.226 e. The van der Waals surface area contributed by atoms with Crippen LogP contribution >= 0.6 is 0 Å². The number of sulfone groups is 1. The lowest BCUT2D eigenvalue weighted by Crippen LogP contribution is -2.16. The van der Waals surface area contributed by atoms with Gasteiger partial charge in [-0.25, -0.2) is 13.4 Å². The van der Waals surface area contributed by atoms with E-state index in [0.29, 0.717) is 10.8 Å². The predicted octanol–water partition coefficient (Wildman–Crippen LogP) is 2.68. The van der Waals surface area contributed by atoms with Gasteiger partial charge in [0, 0.05) is 38.2 Å². The highest BCUT2D eigenvalue weighted by Gasteiger charge is 2.12. The minimum Gasteiger partial charge on any atom is -0.363 e. The van der Waals surface area contributed by atoms with E-state index >= 15 is 0 Å². The number of rotatable bonds is 6. The first-order valence-electron chi connectivity index (χ1n) is 7.82. The average molecular weight is 348 g/mol. The Morgan fingerprint density at radius 1 is 1.17 bits per heavy atom. The summed E-state index contributed by atoms with van der Waals surface area (Å²) in [4.78, 5) is 11.2. The van der Waals surface area contributed by atoms with Crippen molar-refractivity contribution in [1.82, 2.24) is 9.97 Å². The van der Waals surface area contributed by atoms with Crippen molar-refractivity contribution in [3.63, 3.8) is 0 Å².